The summed E-state index contributed by atoms with van der Waals surface area (Å²) in [5, 5.41) is 11.4. The monoisotopic (exact) mass is 337 g/mol. The summed E-state index contributed by atoms with van der Waals surface area (Å²) in [5.74, 6) is 1.61. The van der Waals surface area contributed by atoms with Gasteiger partial charge in [-0.05, 0) is 44.0 Å². The minimum absolute atomic E-state index is 0.186. The van der Waals surface area contributed by atoms with Crippen molar-refractivity contribution in [3.05, 3.63) is 29.3 Å². The molecule has 1 N–H and O–H groups in total. The molecule has 0 aliphatic heterocycles. The molecule has 0 saturated heterocycles. The van der Waals surface area contributed by atoms with Crippen LogP contribution in [0.4, 0.5) is 5.13 Å². The smallest absolute Gasteiger partial charge is 0.257 e. The molecule has 0 bridgehead atoms. The molecule has 22 heavy (non-hydrogen) atoms. The van der Waals surface area contributed by atoms with Gasteiger partial charge in [-0.2, -0.15) is 0 Å². The lowest BCUT2D eigenvalue weighted by Gasteiger charge is -2.08. The highest BCUT2D eigenvalue weighted by Gasteiger charge is 2.12. The molecule has 0 fully saturated rings. The third-order valence-electron chi connectivity index (χ3n) is 2.79. The maximum Gasteiger partial charge on any atom is 0.257 e. The van der Waals surface area contributed by atoms with E-state index in [-0.39, 0.29) is 5.91 Å². The van der Waals surface area contributed by atoms with E-state index in [4.69, 9.17) is 4.74 Å². The number of thioether (sulfide) groups is 1. The summed E-state index contributed by atoms with van der Waals surface area (Å²) >= 11 is 3.05. The van der Waals surface area contributed by atoms with E-state index in [9.17, 15) is 4.79 Å². The van der Waals surface area contributed by atoms with Gasteiger partial charge >= 0.3 is 0 Å². The van der Waals surface area contributed by atoms with Crippen molar-refractivity contribution >= 4 is 34.1 Å². The first kappa shape index (κ1) is 16.8. The second kappa shape index (κ2) is 8.14. The summed E-state index contributed by atoms with van der Waals surface area (Å²) in [5.41, 5.74) is 1.52. The number of ether oxygens (including phenoxy) is 1. The van der Waals surface area contributed by atoms with Crippen molar-refractivity contribution in [2.75, 3.05) is 17.7 Å². The van der Waals surface area contributed by atoms with Crippen LogP contribution in [-0.4, -0.2) is 28.5 Å². The lowest BCUT2D eigenvalue weighted by Crippen LogP contribution is -2.12. The Labute approximate surface area is 138 Å². The van der Waals surface area contributed by atoms with Crippen LogP contribution in [-0.2, 0) is 0 Å². The van der Waals surface area contributed by atoms with Crippen LogP contribution >= 0.6 is 23.1 Å². The first-order valence-corrected chi connectivity index (χ1v) is 8.95. The van der Waals surface area contributed by atoms with Crippen LogP contribution in [0.1, 0.15) is 36.2 Å². The number of amides is 1. The molecule has 5 nitrogen and oxygen atoms in total. The van der Waals surface area contributed by atoms with Crippen molar-refractivity contribution < 1.29 is 9.53 Å². The molecule has 118 valence electrons. The molecule has 1 amide bonds. The number of carbonyl (C=O) groups is 1. The lowest BCUT2D eigenvalue weighted by atomic mass is 10.1. The Bertz CT molecular complexity index is 643. The fourth-order valence-corrected chi connectivity index (χ4v) is 3.46. The van der Waals surface area contributed by atoms with Crippen LogP contribution in [0.25, 0.3) is 0 Å². The molecule has 0 atom stereocenters. The van der Waals surface area contributed by atoms with Gasteiger partial charge in [0.1, 0.15) is 5.75 Å². The number of nitrogens with zero attached hydrogens (tertiary/aromatic N) is 2. The number of hydrogen-bond donors (Lipinski definition) is 1. The van der Waals surface area contributed by atoms with E-state index in [0.29, 0.717) is 17.3 Å². The average molecular weight is 337 g/mol. The van der Waals surface area contributed by atoms with Gasteiger partial charge in [0.05, 0.1) is 6.61 Å². The van der Waals surface area contributed by atoms with Crippen molar-refractivity contribution in [3.8, 4) is 5.75 Å². The van der Waals surface area contributed by atoms with Gasteiger partial charge < -0.3 is 4.74 Å². The number of aryl methyl sites for hydroxylation is 1. The Kier molecular flexibility index (Phi) is 6.21. The van der Waals surface area contributed by atoms with Gasteiger partial charge in [-0.25, -0.2) is 0 Å². The molecular formula is C15H19N3O2S2. The number of rotatable bonds is 7. The topological polar surface area (TPSA) is 64.1 Å². The van der Waals surface area contributed by atoms with Crippen LogP contribution in [0, 0.1) is 6.92 Å². The van der Waals surface area contributed by atoms with E-state index in [2.05, 4.69) is 22.4 Å². The quantitative estimate of drug-likeness (QED) is 0.611. The lowest BCUT2D eigenvalue weighted by molar-refractivity contribution is 0.102. The average Bonchev–Trinajstić information content (AvgIpc) is 2.94. The molecule has 7 heteroatoms. The Balaban J connectivity index is 2.02. The molecule has 1 aromatic carbocycles. The van der Waals surface area contributed by atoms with E-state index in [0.717, 1.165) is 27.8 Å². The summed E-state index contributed by atoms with van der Waals surface area (Å²) in [6.07, 6.45) is 1.08. The maximum absolute atomic E-state index is 12.2. The first-order valence-electron chi connectivity index (χ1n) is 7.15. The predicted molar refractivity (Wildman–Crippen MR) is 91.2 cm³/mol. The summed E-state index contributed by atoms with van der Waals surface area (Å²) in [6.45, 7) is 6.58. The Morgan fingerprint density at radius 1 is 1.36 bits per heavy atom. The van der Waals surface area contributed by atoms with Crippen molar-refractivity contribution in [3.63, 3.8) is 0 Å². The van der Waals surface area contributed by atoms with Crippen LogP contribution in [0.2, 0.25) is 0 Å². The summed E-state index contributed by atoms with van der Waals surface area (Å²) < 4.78 is 6.35. The fourth-order valence-electron chi connectivity index (χ4n) is 1.79. The summed E-state index contributed by atoms with van der Waals surface area (Å²) in [7, 11) is 0. The zero-order chi connectivity index (χ0) is 15.9. The number of aromatic nitrogens is 2. The molecule has 0 spiro atoms. The second-order valence-corrected chi connectivity index (χ2v) is 6.91. The molecule has 0 unspecified atom stereocenters. The second-order valence-electron chi connectivity index (χ2n) is 4.59. The fraction of sp³-hybridized carbons (Fsp3) is 0.400. The van der Waals surface area contributed by atoms with E-state index >= 15 is 0 Å². The van der Waals surface area contributed by atoms with Crippen molar-refractivity contribution in [1.29, 1.82) is 0 Å². The Morgan fingerprint density at radius 2 is 2.18 bits per heavy atom. The van der Waals surface area contributed by atoms with Crippen molar-refractivity contribution in [1.82, 2.24) is 10.2 Å². The normalized spacial score (nSPS) is 10.5. The first-order chi connectivity index (χ1) is 10.6. The predicted octanol–water partition coefficient (Wildman–Crippen LogP) is 4.00. The summed E-state index contributed by atoms with van der Waals surface area (Å²) in [4.78, 5) is 12.2. The van der Waals surface area contributed by atoms with Gasteiger partial charge in [-0.3, -0.25) is 10.1 Å². The maximum atomic E-state index is 12.2. The van der Waals surface area contributed by atoms with E-state index in [1.54, 1.807) is 17.8 Å². The molecule has 0 aliphatic carbocycles. The third kappa shape index (κ3) is 4.45. The van der Waals surface area contributed by atoms with Crippen LogP contribution in [0.15, 0.2) is 22.5 Å². The van der Waals surface area contributed by atoms with Crippen molar-refractivity contribution in [2.45, 2.75) is 31.5 Å². The molecule has 0 radical (unpaired) electrons. The molecule has 1 heterocycles. The molecular weight excluding hydrogens is 318 g/mol. The molecule has 0 aliphatic rings. The largest absolute Gasteiger partial charge is 0.494 e. The molecule has 2 aromatic rings. The number of carbonyl (C=O) groups excluding carboxylic acids is 1. The molecule has 2 rings (SSSR count). The highest BCUT2D eigenvalue weighted by Crippen LogP contribution is 2.26. The van der Waals surface area contributed by atoms with Gasteiger partial charge in [0.15, 0.2) is 4.34 Å². The van der Waals surface area contributed by atoms with Gasteiger partial charge in [-0.15, -0.1) is 10.2 Å². The number of anilines is 1. The Morgan fingerprint density at radius 3 is 2.86 bits per heavy atom. The number of hydrogen-bond acceptors (Lipinski definition) is 6. The van der Waals surface area contributed by atoms with Gasteiger partial charge in [-0.1, -0.05) is 30.0 Å². The zero-order valence-corrected chi connectivity index (χ0v) is 14.5. The van der Waals surface area contributed by atoms with Crippen LogP contribution in [0.5, 0.6) is 5.75 Å². The van der Waals surface area contributed by atoms with Crippen LogP contribution < -0.4 is 10.1 Å². The highest BCUT2D eigenvalue weighted by molar-refractivity contribution is 8.01. The van der Waals surface area contributed by atoms with Gasteiger partial charge in [0, 0.05) is 11.3 Å². The standard InChI is InChI=1S/C15H19N3O2S2/c1-4-8-21-15-18-17-14(22-15)16-13(19)11-6-7-12(20-5-2)10(3)9-11/h6-7,9H,4-5,8H2,1-3H3,(H,16,17,19). The highest BCUT2D eigenvalue weighted by atomic mass is 32.2. The minimum Gasteiger partial charge on any atom is -0.494 e. The summed E-state index contributed by atoms with van der Waals surface area (Å²) in [6, 6.07) is 5.38. The molecule has 1 aromatic heterocycles. The van der Waals surface area contributed by atoms with Crippen molar-refractivity contribution in [2.24, 2.45) is 0 Å². The number of nitrogens with one attached hydrogen (secondary N) is 1. The molecule has 0 saturated carbocycles. The zero-order valence-electron chi connectivity index (χ0n) is 12.9. The third-order valence-corrected chi connectivity index (χ3v) is 4.97. The van der Waals surface area contributed by atoms with Gasteiger partial charge in [0.2, 0.25) is 5.13 Å². The SMILES string of the molecule is CCCSc1nnc(NC(=O)c2ccc(OCC)c(C)c2)s1. The van der Waals surface area contributed by atoms with E-state index < -0.39 is 0 Å². The van der Waals surface area contributed by atoms with Gasteiger partial charge in [0.25, 0.3) is 5.91 Å². The van der Waals surface area contributed by atoms with E-state index in [1.165, 1.54) is 11.3 Å². The minimum atomic E-state index is -0.186. The van der Waals surface area contributed by atoms with E-state index in [1.807, 2.05) is 26.0 Å². The Hall–Kier alpha value is -1.60. The number of benzene rings is 1. The van der Waals surface area contributed by atoms with Crippen LogP contribution in [0.3, 0.4) is 0 Å².